The summed E-state index contributed by atoms with van der Waals surface area (Å²) in [7, 11) is 0. The van der Waals surface area contributed by atoms with Crippen LogP contribution >= 0.6 is 0 Å². The lowest BCUT2D eigenvalue weighted by atomic mass is 10.1. The van der Waals surface area contributed by atoms with Crippen LogP contribution in [0.15, 0.2) is 17.0 Å². The predicted octanol–water partition coefficient (Wildman–Crippen LogP) is 1.09. The molecule has 1 atom stereocenters. The average molecular weight is 169 g/mol. The predicted molar refractivity (Wildman–Crippen MR) is 40.9 cm³/mol. The second-order valence-corrected chi connectivity index (χ2v) is 2.90. The van der Waals surface area contributed by atoms with E-state index in [1.165, 1.54) is 6.26 Å². The summed E-state index contributed by atoms with van der Waals surface area (Å²) in [4.78, 5) is 0. The van der Waals surface area contributed by atoms with Gasteiger partial charge in [0, 0.05) is 12.5 Å². The third-order valence-electron chi connectivity index (χ3n) is 1.92. The molecule has 0 aromatic carbocycles. The van der Waals surface area contributed by atoms with Gasteiger partial charge in [-0.3, -0.25) is 0 Å². The Balaban J connectivity index is 1.74. The maximum Gasteiger partial charge on any atom is 0.178 e. The number of hydrogen-bond donors (Lipinski definition) is 0. The molecule has 4 nitrogen and oxygen atoms in total. The zero-order valence-electron chi connectivity index (χ0n) is 6.73. The first-order chi connectivity index (χ1) is 5.95. The van der Waals surface area contributed by atoms with Crippen molar-refractivity contribution >= 4 is 0 Å². The molecule has 2 heterocycles. The highest BCUT2D eigenvalue weighted by Gasteiger charge is 2.16. The van der Waals surface area contributed by atoms with Gasteiger partial charge in [-0.15, -0.1) is 0 Å². The van der Waals surface area contributed by atoms with Crippen molar-refractivity contribution in [1.82, 2.24) is 5.16 Å². The maximum atomic E-state index is 5.39. The van der Waals surface area contributed by atoms with Crippen LogP contribution in [0.25, 0.3) is 0 Å². The van der Waals surface area contributed by atoms with Crippen molar-refractivity contribution in [2.75, 3.05) is 19.8 Å². The fraction of sp³-hybridized carbons (Fsp3) is 0.625. The van der Waals surface area contributed by atoms with Crippen molar-refractivity contribution in [3.63, 3.8) is 0 Å². The third-order valence-corrected chi connectivity index (χ3v) is 1.92. The smallest absolute Gasteiger partial charge is 0.178 e. The molecule has 0 radical (unpaired) electrons. The number of aromatic nitrogens is 1. The van der Waals surface area contributed by atoms with E-state index in [2.05, 4.69) is 9.68 Å². The molecule has 0 spiro atoms. The van der Waals surface area contributed by atoms with E-state index < -0.39 is 0 Å². The molecule has 1 aliphatic rings. The van der Waals surface area contributed by atoms with Gasteiger partial charge in [-0.25, -0.2) is 0 Å². The molecule has 0 saturated carbocycles. The lowest BCUT2D eigenvalue weighted by Crippen LogP contribution is -2.11. The van der Waals surface area contributed by atoms with E-state index in [1.54, 1.807) is 6.20 Å². The van der Waals surface area contributed by atoms with Crippen LogP contribution in [-0.4, -0.2) is 25.0 Å². The topological polar surface area (TPSA) is 44.5 Å². The van der Waals surface area contributed by atoms with Crippen LogP contribution in [0.1, 0.15) is 6.42 Å². The van der Waals surface area contributed by atoms with Crippen LogP contribution in [0.3, 0.4) is 0 Å². The molecule has 2 rings (SSSR count). The molecule has 4 heteroatoms. The Morgan fingerprint density at radius 1 is 1.67 bits per heavy atom. The summed E-state index contributed by atoms with van der Waals surface area (Å²) in [5.74, 6) is 1.22. The van der Waals surface area contributed by atoms with Gasteiger partial charge in [-0.1, -0.05) is 5.16 Å². The number of rotatable bonds is 3. The second-order valence-electron chi connectivity index (χ2n) is 2.90. The fourth-order valence-electron chi connectivity index (χ4n) is 1.20. The average Bonchev–Trinajstić information content (AvgIpc) is 2.74. The lowest BCUT2D eigenvalue weighted by Gasteiger charge is -2.06. The molecule has 0 N–H and O–H groups in total. The molecule has 1 aromatic rings. The highest BCUT2D eigenvalue weighted by molar-refractivity contribution is 5.07. The van der Waals surface area contributed by atoms with E-state index in [0.29, 0.717) is 18.3 Å². The Morgan fingerprint density at radius 3 is 3.33 bits per heavy atom. The van der Waals surface area contributed by atoms with Crippen molar-refractivity contribution in [2.24, 2.45) is 5.92 Å². The first kappa shape index (κ1) is 7.61. The second kappa shape index (κ2) is 3.58. The van der Waals surface area contributed by atoms with Gasteiger partial charge >= 0.3 is 0 Å². The lowest BCUT2D eigenvalue weighted by molar-refractivity contribution is 0.167. The van der Waals surface area contributed by atoms with E-state index in [-0.39, 0.29) is 0 Å². The molecular weight excluding hydrogens is 158 g/mol. The fourth-order valence-corrected chi connectivity index (χ4v) is 1.20. The third kappa shape index (κ3) is 1.76. The molecular formula is C8H11NO3. The summed E-state index contributed by atoms with van der Waals surface area (Å²) in [6, 6.07) is 0. The molecule has 0 amide bonds. The Kier molecular flexibility index (Phi) is 2.27. The summed E-state index contributed by atoms with van der Waals surface area (Å²) in [6.45, 7) is 2.37. The summed E-state index contributed by atoms with van der Waals surface area (Å²) in [5.41, 5.74) is 0. The normalized spacial score (nSPS) is 22.8. The molecule has 66 valence electrons. The minimum Gasteiger partial charge on any atom is -0.488 e. The number of nitrogens with zero attached hydrogens (tertiary/aromatic N) is 1. The van der Waals surface area contributed by atoms with Crippen molar-refractivity contribution in [1.29, 1.82) is 0 Å². The van der Waals surface area contributed by atoms with Gasteiger partial charge in [0.25, 0.3) is 0 Å². The molecule has 12 heavy (non-hydrogen) atoms. The van der Waals surface area contributed by atoms with E-state index in [0.717, 1.165) is 19.6 Å². The minimum atomic E-state index is 0.528. The molecule has 1 aromatic heterocycles. The molecule has 1 fully saturated rings. The standard InChI is InChI=1S/C8H11NO3/c1-2-10-4-7(1)5-11-8-3-9-12-6-8/h3,6-7H,1-2,4-5H2. The largest absolute Gasteiger partial charge is 0.488 e. The molecule has 1 saturated heterocycles. The van der Waals surface area contributed by atoms with E-state index in [4.69, 9.17) is 9.47 Å². The van der Waals surface area contributed by atoms with Gasteiger partial charge in [0.2, 0.25) is 0 Å². The van der Waals surface area contributed by atoms with Crippen molar-refractivity contribution in [3.8, 4) is 5.75 Å². The Morgan fingerprint density at radius 2 is 2.67 bits per heavy atom. The van der Waals surface area contributed by atoms with E-state index in [1.807, 2.05) is 0 Å². The summed E-state index contributed by atoms with van der Waals surface area (Å²) in [5, 5.41) is 3.54. The first-order valence-electron chi connectivity index (χ1n) is 4.05. The Hall–Kier alpha value is -1.03. The highest BCUT2D eigenvalue weighted by Crippen LogP contribution is 2.15. The molecule has 1 unspecified atom stereocenters. The molecule has 0 bridgehead atoms. The number of hydrogen-bond acceptors (Lipinski definition) is 4. The first-order valence-corrected chi connectivity index (χ1v) is 4.05. The van der Waals surface area contributed by atoms with Crippen molar-refractivity contribution < 1.29 is 14.0 Å². The maximum absolute atomic E-state index is 5.39. The van der Waals surface area contributed by atoms with Crippen molar-refractivity contribution in [3.05, 3.63) is 12.5 Å². The Bertz CT molecular complexity index is 216. The van der Waals surface area contributed by atoms with E-state index >= 15 is 0 Å². The van der Waals surface area contributed by atoms with Crippen molar-refractivity contribution in [2.45, 2.75) is 6.42 Å². The van der Waals surface area contributed by atoms with Gasteiger partial charge in [0.05, 0.1) is 13.2 Å². The van der Waals surface area contributed by atoms with Crippen LogP contribution in [0.2, 0.25) is 0 Å². The van der Waals surface area contributed by atoms with E-state index in [9.17, 15) is 0 Å². The van der Waals surface area contributed by atoms with Crippen LogP contribution < -0.4 is 4.74 Å². The van der Waals surface area contributed by atoms with Gasteiger partial charge in [-0.2, -0.15) is 0 Å². The molecule has 0 aliphatic carbocycles. The monoisotopic (exact) mass is 169 g/mol. The van der Waals surface area contributed by atoms with Gasteiger partial charge in [0.1, 0.15) is 6.20 Å². The minimum absolute atomic E-state index is 0.528. The Labute approximate surface area is 70.4 Å². The summed E-state index contributed by atoms with van der Waals surface area (Å²) < 4.78 is 15.2. The van der Waals surface area contributed by atoms with Gasteiger partial charge < -0.3 is 14.0 Å². The van der Waals surface area contributed by atoms with Crippen LogP contribution in [0.5, 0.6) is 5.75 Å². The van der Waals surface area contributed by atoms with Crippen LogP contribution in [0, 0.1) is 5.92 Å². The van der Waals surface area contributed by atoms with Crippen LogP contribution in [0.4, 0.5) is 0 Å². The van der Waals surface area contributed by atoms with Crippen LogP contribution in [-0.2, 0) is 4.74 Å². The van der Waals surface area contributed by atoms with Gasteiger partial charge in [-0.05, 0) is 6.42 Å². The summed E-state index contributed by atoms with van der Waals surface area (Å²) >= 11 is 0. The summed E-state index contributed by atoms with van der Waals surface area (Å²) in [6.07, 6.45) is 4.15. The quantitative estimate of drug-likeness (QED) is 0.679. The highest BCUT2D eigenvalue weighted by atomic mass is 16.5. The SMILES string of the molecule is c1nocc1OCC1CCOC1. The zero-order chi connectivity index (χ0) is 8.23. The van der Waals surface area contributed by atoms with Gasteiger partial charge in [0.15, 0.2) is 12.0 Å². The molecule has 1 aliphatic heterocycles. The number of ether oxygens (including phenoxy) is 2. The zero-order valence-corrected chi connectivity index (χ0v) is 6.73.